The molecule has 2 aromatic heterocycles. The van der Waals surface area contributed by atoms with Crippen LogP contribution >= 0.6 is 34.7 Å². The highest BCUT2D eigenvalue weighted by atomic mass is 35.5. The summed E-state index contributed by atoms with van der Waals surface area (Å²) in [5.41, 5.74) is 3.12. The molecule has 30 heavy (non-hydrogen) atoms. The van der Waals surface area contributed by atoms with Crippen molar-refractivity contribution in [1.29, 1.82) is 0 Å². The summed E-state index contributed by atoms with van der Waals surface area (Å²) in [6.07, 6.45) is 0.884. The molecular formula is C23H20ClN3OS2. The topological polar surface area (TPSA) is 38.1 Å². The van der Waals surface area contributed by atoms with E-state index in [0.717, 1.165) is 41.2 Å². The maximum absolute atomic E-state index is 13.7. The Morgan fingerprint density at radius 2 is 2.00 bits per heavy atom. The molecule has 4 nitrogen and oxygen atoms in total. The van der Waals surface area contributed by atoms with Crippen molar-refractivity contribution in [2.45, 2.75) is 23.9 Å². The minimum absolute atomic E-state index is 0.000110. The van der Waals surface area contributed by atoms with Gasteiger partial charge >= 0.3 is 0 Å². The molecule has 152 valence electrons. The Morgan fingerprint density at radius 3 is 2.80 bits per heavy atom. The first kappa shape index (κ1) is 19.8. The molecule has 0 amide bonds. The second-order valence-electron chi connectivity index (χ2n) is 7.46. The lowest BCUT2D eigenvalue weighted by atomic mass is 10.1. The molecule has 3 heterocycles. The van der Waals surface area contributed by atoms with Crippen LogP contribution in [0.15, 0.2) is 64.5 Å². The molecule has 4 aromatic rings. The lowest BCUT2D eigenvalue weighted by Crippen LogP contribution is -2.27. The Kier molecular flexibility index (Phi) is 5.41. The summed E-state index contributed by atoms with van der Waals surface area (Å²) in [7, 11) is 2.12. The molecular weight excluding hydrogens is 434 g/mol. The molecule has 0 unspecified atom stereocenters. The fraction of sp³-hybridized carbons (Fsp3) is 0.217. The average Bonchev–Trinajstić information content (AvgIpc) is 3.10. The fourth-order valence-corrected chi connectivity index (χ4v) is 6.31. The Balaban J connectivity index is 1.68. The molecule has 0 N–H and O–H groups in total. The van der Waals surface area contributed by atoms with Gasteiger partial charge < -0.3 is 4.90 Å². The van der Waals surface area contributed by atoms with Gasteiger partial charge in [-0.2, -0.15) is 0 Å². The van der Waals surface area contributed by atoms with Crippen molar-refractivity contribution in [2.24, 2.45) is 0 Å². The number of hydrogen-bond donors (Lipinski definition) is 0. The van der Waals surface area contributed by atoms with Gasteiger partial charge in [0.15, 0.2) is 5.16 Å². The Hall–Kier alpha value is -2.12. The van der Waals surface area contributed by atoms with Crippen molar-refractivity contribution in [3.8, 4) is 5.69 Å². The molecule has 0 atom stereocenters. The zero-order valence-corrected chi connectivity index (χ0v) is 18.9. The van der Waals surface area contributed by atoms with Gasteiger partial charge in [0.05, 0.1) is 11.1 Å². The van der Waals surface area contributed by atoms with E-state index in [4.69, 9.17) is 16.6 Å². The summed E-state index contributed by atoms with van der Waals surface area (Å²) < 4.78 is 1.73. The van der Waals surface area contributed by atoms with E-state index in [1.54, 1.807) is 27.7 Å². The molecule has 0 radical (unpaired) electrons. The van der Waals surface area contributed by atoms with Gasteiger partial charge in [0.25, 0.3) is 5.56 Å². The van der Waals surface area contributed by atoms with Crippen molar-refractivity contribution < 1.29 is 0 Å². The Labute approximate surface area is 188 Å². The zero-order valence-electron chi connectivity index (χ0n) is 16.5. The highest BCUT2D eigenvalue weighted by Gasteiger charge is 2.24. The van der Waals surface area contributed by atoms with Crippen molar-refractivity contribution in [2.75, 3.05) is 13.6 Å². The number of hydrogen-bond acceptors (Lipinski definition) is 5. The minimum Gasteiger partial charge on any atom is -0.301 e. The third kappa shape index (κ3) is 3.69. The second-order valence-corrected chi connectivity index (χ2v) is 9.92. The van der Waals surface area contributed by atoms with Crippen LogP contribution < -0.4 is 5.56 Å². The summed E-state index contributed by atoms with van der Waals surface area (Å²) in [5, 5.41) is 2.07. The smallest absolute Gasteiger partial charge is 0.267 e. The van der Waals surface area contributed by atoms with Gasteiger partial charge in [-0.25, -0.2) is 4.98 Å². The molecule has 5 rings (SSSR count). The maximum atomic E-state index is 13.7. The summed E-state index contributed by atoms with van der Waals surface area (Å²) in [4.78, 5) is 23.1. The van der Waals surface area contributed by atoms with Crippen molar-refractivity contribution in [3.63, 3.8) is 0 Å². The number of thiophene rings is 1. The zero-order chi connectivity index (χ0) is 20.7. The molecule has 7 heteroatoms. The third-order valence-corrected chi connectivity index (χ3v) is 7.67. The number of fused-ring (bicyclic) bond motifs is 3. The van der Waals surface area contributed by atoms with Gasteiger partial charge in [-0.05, 0) is 42.8 Å². The first-order valence-electron chi connectivity index (χ1n) is 9.78. The number of aromatic nitrogens is 2. The first-order chi connectivity index (χ1) is 14.6. The van der Waals surface area contributed by atoms with E-state index in [9.17, 15) is 4.79 Å². The standard InChI is InChI=1S/C23H20ClN3OS2/c1-26-11-10-18-19(13-26)30-21-20(18)22(28)27(17-9-5-8-16(24)12-17)23(25-21)29-14-15-6-3-2-4-7-15/h2-9,12H,10-11,13-14H2,1H3. The van der Waals surface area contributed by atoms with Gasteiger partial charge in [0.1, 0.15) is 4.83 Å². The van der Waals surface area contributed by atoms with E-state index in [1.165, 1.54) is 16.0 Å². The van der Waals surface area contributed by atoms with Gasteiger partial charge in [-0.3, -0.25) is 9.36 Å². The quantitative estimate of drug-likeness (QED) is 0.307. The van der Waals surface area contributed by atoms with Crippen LogP contribution in [0.25, 0.3) is 15.9 Å². The lowest BCUT2D eigenvalue weighted by Gasteiger charge is -2.21. The third-order valence-electron chi connectivity index (χ3n) is 5.31. The molecule has 1 aliphatic heterocycles. The second kappa shape index (κ2) is 8.19. The number of halogens is 1. The lowest BCUT2D eigenvalue weighted by molar-refractivity contribution is 0.318. The van der Waals surface area contributed by atoms with E-state index >= 15 is 0 Å². The summed E-state index contributed by atoms with van der Waals surface area (Å²) in [6.45, 7) is 1.83. The van der Waals surface area contributed by atoms with Gasteiger partial charge in [0, 0.05) is 28.7 Å². The van der Waals surface area contributed by atoms with E-state index in [1.807, 2.05) is 42.5 Å². The van der Waals surface area contributed by atoms with Crippen LogP contribution in [0, 0.1) is 0 Å². The van der Waals surface area contributed by atoms with E-state index in [0.29, 0.717) is 10.2 Å². The van der Waals surface area contributed by atoms with Crippen molar-refractivity contribution in [1.82, 2.24) is 14.5 Å². The van der Waals surface area contributed by atoms with Crippen LogP contribution in [-0.2, 0) is 18.7 Å². The monoisotopic (exact) mass is 453 g/mol. The van der Waals surface area contributed by atoms with Crippen LogP contribution in [0.5, 0.6) is 0 Å². The number of rotatable bonds is 4. The number of nitrogens with zero attached hydrogens (tertiary/aromatic N) is 3. The minimum atomic E-state index is -0.000110. The predicted octanol–water partition coefficient (Wildman–Crippen LogP) is 5.38. The van der Waals surface area contributed by atoms with Crippen LogP contribution in [0.1, 0.15) is 16.0 Å². The number of likely N-dealkylation sites (N-methyl/N-ethyl adjacent to an activating group) is 1. The normalized spacial score (nSPS) is 14.2. The summed E-state index contributed by atoms with van der Waals surface area (Å²) >= 11 is 9.49. The van der Waals surface area contributed by atoms with Crippen LogP contribution in [0.4, 0.5) is 0 Å². The molecule has 0 saturated heterocycles. The van der Waals surface area contributed by atoms with Crippen molar-refractivity contribution >= 4 is 44.9 Å². The largest absolute Gasteiger partial charge is 0.301 e. The van der Waals surface area contributed by atoms with E-state index in [-0.39, 0.29) is 5.56 Å². The first-order valence-corrected chi connectivity index (χ1v) is 12.0. The van der Waals surface area contributed by atoms with Gasteiger partial charge in [-0.15, -0.1) is 11.3 Å². The highest BCUT2D eigenvalue weighted by Crippen LogP contribution is 2.34. The van der Waals surface area contributed by atoms with Gasteiger partial charge in [-0.1, -0.05) is 59.8 Å². The average molecular weight is 454 g/mol. The van der Waals surface area contributed by atoms with Gasteiger partial charge in [0.2, 0.25) is 0 Å². The summed E-state index contributed by atoms with van der Waals surface area (Å²) in [5.74, 6) is 0.743. The SMILES string of the molecule is CN1CCc2c(sc3nc(SCc4ccccc4)n(-c4cccc(Cl)c4)c(=O)c23)C1. The van der Waals surface area contributed by atoms with Crippen LogP contribution in [-0.4, -0.2) is 28.0 Å². The molecule has 2 aromatic carbocycles. The Morgan fingerprint density at radius 1 is 1.17 bits per heavy atom. The molecule has 0 fully saturated rings. The Bertz CT molecular complexity index is 1280. The molecule has 0 bridgehead atoms. The van der Waals surface area contributed by atoms with Crippen LogP contribution in [0.2, 0.25) is 5.02 Å². The fourth-order valence-electron chi connectivity index (χ4n) is 3.81. The predicted molar refractivity (Wildman–Crippen MR) is 126 cm³/mol. The van der Waals surface area contributed by atoms with E-state index < -0.39 is 0 Å². The van der Waals surface area contributed by atoms with Crippen LogP contribution in [0.3, 0.4) is 0 Å². The molecule has 1 aliphatic rings. The highest BCUT2D eigenvalue weighted by molar-refractivity contribution is 7.98. The summed E-state index contributed by atoms with van der Waals surface area (Å²) in [6, 6.07) is 17.7. The molecule has 0 aliphatic carbocycles. The maximum Gasteiger partial charge on any atom is 0.267 e. The van der Waals surface area contributed by atoms with Crippen molar-refractivity contribution in [3.05, 3.63) is 86.0 Å². The van der Waals surface area contributed by atoms with E-state index in [2.05, 4.69) is 24.1 Å². The number of thioether (sulfide) groups is 1. The molecule has 0 spiro atoms. The molecule has 0 saturated carbocycles. The number of benzene rings is 2.